The van der Waals surface area contributed by atoms with Gasteiger partial charge < -0.3 is 4.90 Å². The molecule has 1 aromatic rings. The lowest BCUT2D eigenvalue weighted by Gasteiger charge is -2.20. The predicted octanol–water partition coefficient (Wildman–Crippen LogP) is 2.85. The normalized spacial score (nSPS) is 10.2. The first-order valence-corrected chi connectivity index (χ1v) is 5.70. The monoisotopic (exact) mass is 307 g/mol. The fourth-order valence-electron chi connectivity index (χ4n) is 1.08. The van der Waals surface area contributed by atoms with Crippen molar-refractivity contribution in [3.8, 4) is 0 Å². The van der Waals surface area contributed by atoms with Gasteiger partial charge in [-0.15, -0.1) is 0 Å². The van der Waals surface area contributed by atoms with E-state index in [0.29, 0.717) is 0 Å². The Hall–Kier alpha value is -0.160. The number of hydrogen-bond acceptors (Lipinski definition) is 3. The van der Waals surface area contributed by atoms with Crippen LogP contribution in [-0.2, 0) is 0 Å². The number of anilines is 1. The number of hydrogen-bond donors (Lipinski definition) is 0. The van der Waals surface area contributed by atoms with Crippen molar-refractivity contribution < 1.29 is 0 Å². The van der Waals surface area contributed by atoms with Crippen LogP contribution < -0.4 is 4.90 Å². The van der Waals surface area contributed by atoms with Gasteiger partial charge >= 0.3 is 0 Å². The highest BCUT2D eigenvalue weighted by Crippen LogP contribution is 2.22. The zero-order valence-corrected chi connectivity index (χ0v) is 10.8. The van der Waals surface area contributed by atoms with Gasteiger partial charge in [-0.25, -0.2) is 9.97 Å². The summed E-state index contributed by atoms with van der Waals surface area (Å²) in [6.45, 7) is 6.07. The third-order valence-electron chi connectivity index (χ3n) is 1.75. The Labute approximate surface area is 94.8 Å². The largest absolute Gasteiger partial charge is 0.355 e. The molecule has 0 bridgehead atoms. The molecule has 0 spiro atoms. The maximum Gasteiger partial charge on any atom is 0.161 e. The average molecular weight is 309 g/mol. The zero-order chi connectivity index (χ0) is 9.84. The van der Waals surface area contributed by atoms with E-state index in [1.165, 1.54) is 0 Å². The number of aromatic nitrogens is 2. The second-order valence-corrected chi connectivity index (χ2v) is 4.04. The first-order valence-electron chi connectivity index (χ1n) is 4.12. The fourth-order valence-corrected chi connectivity index (χ4v) is 2.14. The molecule has 0 aliphatic rings. The van der Waals surface area contributed by atoms with Gasteiger partial charge in [0.15, 0.2) is 5.82 Å². The Morgan fingerprint density at radius 1 is 1.31 bits per heavy atom. The van der Waals surface area contributed by atoms with E-state index in [1.54, 1.807) is 6.20 Å². The Morgan fingerprint density at radius 2 is 1.92 bits per heavy atom. The van der Waals surface area contributed by atoms with Crippen LogP contribution in [-0.4, -0.2) is 23.1 Å². The average Bonchev–Trinajstić information content (AvgIpc) is 2.10. The molecule has 1 rings (SSSR count). The quantitative estimate of drug-likeness (QED) is 0.860. The van der Waals surface area contributed by atoms with Gasteiger partial charge in [-0.1, -0.05) is 0 Å². The second kappa shape index (κ2) is 4.91. The maximum atomic E-state index is 4.29. The minimum atomic E-state index is 0.746. The molecular formula is C8H11Br2N3. The first-order chi connectivity index (χ1) is 6.19. The van der Waals surface area contributed by atoms with Crippen LogP contribution in [0.1, 0.15) is 13.8 Å². The number of nitrogens with zero attached hydrogens (tertiary/aromatic N) is 3. The van der Waals surface area contributed by atoms with E-state index in [9.17, 15) is 0 Å². The molecule has 0 aliphatic heterocycles. The molecule has 1 heterocycles. The van der Waals surface area contributed by atoms with Crippen molar-refractivity contribution >= 4 is 37.7 Å². The summed E-state index contributed by atoms with van der Waals surface area (Å²) in [5.74, 6) is 0.896. The molecule has 0 N–H and O–H groups in total. The third-order valence-corrected chi connectivity index (χ3v) is 2.66. The third kappa shape index (κ3) is 2.64. The molecule has 0 saturated heterocycles. The van der Waals surface area contributed by atoms with Crippen molar-refractivity contribution in [1.29, 1.82) is 0 Å². The molecule has 13 heavy (non-hydrogen) atoms. The maximum absolute atomic E-state index is 4.29. The number of halogens is 2. The van der Waals surface area contributed by atoms with Crippen LogP contribution in [0.2, 0.25) is 0 Å². The molecule has 0 aromatic carbocycles. The van der Waals surface area contributed by atoms with Gasteiger partial charge in [-0.05, 0) is 45.7 Å². The summed E-state index contributed by atoms with van der Waals surface area (Å²) >= 11 is 6.65. The highest BCUT2D eigenvalue weighted by molar-refractivity contribution is 9.11. The van der Waals surface area contributed by atoms with Crippen molar-refractivity contribution in [2.45, 2.75) is 13.8 Å². The standard InChI is InChI=1S/C8H11Br2N3/c1-3-13(4-2)8-7(10)12-6(9)5-11-8/h5H,3-4H2,1-2H3. The molecule has 0 aliphatic carbocycles. The van der Waals surface area contributed by atoms with Crippen LogP contribution in [0.4, 0.5) is 5.82 Å². The molecule has 1 aromatic heterocycles. The molecule has 72 valence electrons. The van der Waals surface area contributed by atoms with E-state index in [-0.39, 0.29) is 0 Å². The predicted molar refractivity (Wildman–Crippen MR) is 61.0 cm³/mol. The van der Waals surface area contributed by atoms with Gasteiger partial charge in [0.25, 0.3) is 0 Å². The lowest BCUT2D eigenvalue weighted by atomic mass is 10.5. The highest BCUT2D eigenvalue weighted by Gasteiger charge is 2.09. The van der Waals surface area contributed by atoms with Crippen molar-refractivity contribution in [2.24, 2.45) is 0 Å². The van der Waals surface area contributed by atoms with Crippen LogP contribution in [0, 0.1) is 0 Å². The summed E-state index contributed by atoms with van der Waals surface area (Å²) in [5, 5.41) is 0. The Kier molecular flexibility index (Phi) is 4.12. The van der Waals surface area contributed by atoms with Crippen molar-refractivity contribution in [1.82, 2.24) is 9.97 Å². The van der Waals surface area contributed by atoms with Crippen LogP contribution in [0.25, 0.3) is 0 Å². The summed E-state index contributed by atoms with van der Waals surface area (Å²) in [6, 6.07) is 0. The van der Waals surface area contributed by atoms with E-state index in [0.717, 1.165) is 28.1 Å². The molecule has 3 nitrogen and oxygen atoms in total. The van der Waals surface area contributed by atoms with Crippen molar-refractivity contribution in [2.75, 3.05) is 18.0 Å². The van der Waals surface area contributed by atoms with Gasteiger partial charge in [0.1, 0.15) is 9.21 Å². The van der Waals surface area contributed by atoms with Gasteiger partial charge in [-0.3, -0.25) is 0 Å². The molecule has 0 amide bonds. The van der Waals surface area contributed by atoms with Gasteiger partial charge in [0.05, 0.1) is 6.20 Å². The van der Waals surface area contributed by atoms with E-state index in [2.05, 4.69) is 60.6 Å². The van der Waals surface area contributed by atoms with E-state index in [4.69, 9.17) is 0 Å². The molecule has 0 unspecified atom stereocenters. The molecule has 0 fully saturated rings. The Balaban J connectivity index is 2.99. The summed E-state index contributed by atoms with van der Waals surface area (Å²) in [7, 11) is 0. The molecule has 5 heteroatoms. The van der Waals surface area contributed by atoms with E-state index in [1.807, 2.05) is 0 Å². The minimum Gasteiger partial charge on any atom is -0.355 e. The van der Waals surface area contributed by atoms with Crippen LogP contribution in [0.5, 0.6) is 0 Å². The smallest absolute Gasteiger partial charge is 0.161 e. The summed E-state index contributed by atoms with van der Waals surface area (Å²) in [6.07, 6.45) is 1.71. The van der Waals surface area contributed by atoms with E-state index < -0.39 is 0 Å². The van der Waals surface area contributed by atoms with Crippen LogP contribution in [0.15, 0.2) is 15.4 Å². The highest BCUT2D eigenvalue weighted by atomic mass is 79.9. The summed E-state index contributed by atoms with van der Waals surface area (Å²) in [4.78, 5) is 10.7. The van der Waals surface area contributed by atoms with Crippen LogP contribution >= 0.6 is 31.9 Å². The topological polar surface area (TPSA) is 29.0 Å². The Morgan fingerprint density at radius 3 is 2.38 bits per heavy atom. The molecule has 0 atom stereocenters. The zero-order valence-electron chi connectivity index (χ0n) is 7.59. The minimum absolute atomic E-state index is 0.746. The summed E-state index contributed by atoms with van der Waals surface area (Å²) in [5.41, 5.74) is 0. The lowest BCUT2D eigenvalue weighted by Crippen LogP contribution is -2.23. The first kappa shape index (κ1) is 10.9. The number of rotatable bonds is 3. The van der Waals surface area contributed by atoms with Crippen molar-refractivity contribution in [3.63, 3.8) is 0 Å². The lowest BCUT2D eigenvalue weighted by molar-refractivity contribution is 0.833. The Bertz CT molecular complexity index is 287. The second-order valence-electron chi connectivity index (χ2n) is 2.48. The van der Waals surface area contributed by atoms with Gasteiger partial charge in [0.2, 0.25) is 0 Å². The van der Waals surface area contributed by atoms with Crippen LogP contribution in [0.3, 0.4) is 0 Å². The van der Waals surface area contributed by atoms with Gasteiger partial charge in [-0.2, -0.15) is 0 Å². The molecular weight excluding hydrogens is 298 g/mol. The van der Waals surface area contributed by atoms with Crippen molar-refractivity contribution in [3.05, 3.63) is 15.4 Å². The van der Waals surface area contributed by atoms with Gasteiger partial charge in [0, 0.05) is 13.1 Å². The molecule has 0 radical (unpaired) electrons. The fraction of sp³-hybridized carbons (Fsp3) is 0.500. The SMILES string of the molecule is CCN(CC)c1ncc(Br)nc1Br. The summed E-state index contributed by atoms with van der Waals surface area (Å²) < 4.78 is 1.53. The van der Waals surface area contributed by atoms with E-state index >= 15 is 0 Å². The molecule has 0 saturated carbocycles.